The predicted molar refractivity (Wildman–Crippen MR) is 98.6 cm³/mol. The minimum atomic E-state index is -0.103. The first-order chi connectivity index (χ1) is 12.8. The summed E-state index contributed by atoms with van der Waals surface area (Å²) in [6, 6.07) is 19.5. The molecule has 0 radical (unpaired) electrons. The molecule has 0 aliphatic carbocycles. The second-order valence-electron chi connectivity index (χ2n) is 6.14. The van der Waals surface area contributed by atoms with E-state index in [-0.39, 0.29) is 11.8 Å². The zero-order chi connectivity index (χ0) is 17.8. The SMILES string of the molecule is O=C(C[C@H](c1ccccc1)c1ccco1)NCc1cnc2ccccn12. The average molecular weight is 345 g/mol. The molecule has 1 aromatic carbocycles. The number of hydrogen-bond donors (Lipinski definition) is 1. The number of hydrogen-bond acceptors (Lipinski definition) is 3. The Hall–Kier alpha value is -3.34. The third-order valence-corrected chi connectivity index (χ3v) is 4.44. The Labute approximate surface area is 151 Å². The fourth-order valence-electron chi connectivity index (χ4n) is 3.12. The highest BCUT2D eigenvalue weighted by Gasteiger charge is 2.20. The summed E-state index contributed by atoms with van der Waals surface area (Å²) >= 11 is 0. The van der Waals surface area contributed by atoms with Gasteiger partial charge in [-0.05, 0) is 29.8 Å². The van der Waals surface area contributed by atoms with E-state index < -0.39 is 0 Å². The van der Waals surface area contributed by atoms with Gasteiger partial charge in [0.2, 0.25) is 5.91 Å². The van der Waals surface area contributed by atoms with Crippen LogP contribution < -0.4 is 5.32 Å². The second-order valence-corrected chi connectivity index (χ2v) is 6.14. The van der Waals surface area contributed by atoms with Crippen molar-refractivity contribution < 1.29 is 9.21 Å². The maximum atomic E-state index is 12.6. The van der Waals surface area contributed by atoms with Gasteiger partial charge in [-0.2, -0.15) is 0 Å². The summed E-state index contributed by atoms with van der Waals surface area (Å²) in [6.45, 7) is 0.434. The molecule has 3 aromatic heterocycles. The third kappa shape index (κ3) is 3.37. The van der Waals surface area contributed by atoms with Gasteiger partial charge in [0, 0.05) is 12.6 Å². The van der Waals surface area contributed by atoms with Gasteiger partial charge in [0.1, 0.15) is 11.4 Å². The summed E-state index contributed by atoms with van der Waals surface area (Å²) in [6.07, 6.45) is 5.70. The Bertz CT molecular complexity index is 990. The molecular weight excluding hydrogens is 326 g/mol. The van der Waals surface area contributed by atoms with Crippen molar-refractivity contribution >= 4 is 11.6 Å². The molecule has 0 saturated heterocycles. The summed E-state index contributed by atoms with van der Waals surface area (Å²) in [5.74, 6) is 0.663. The zero-order valence-electron chi connectivity index (χ0n) is 14.2. The number of benzene rings is 1. The first-order valence-electron chi connectivity index (χ1n) is 8.57. The Kier molecular flexibility index (Phi) is 4.51. The van der Waals surface area contributed by atoms with Crippen LogP contribution in [0.5, 0.6) is 0 Å². The second kappa shape index (κ2) is 7.27. The van der Waals surface area contributed by atoms with Crippen molar-refractivity contribution in [2.24, 2.45) is 0 Å². The summed E-state index contributed by atoms with van der Waals surface area (Å²) in [5, 5.41) is 3.00. The van der Waals surface area contributed by atoms with E-state index in [4.69, 9.17) is 4.42 Å². The molecule has 5 nitrogen and oxygen atoms in total. The van der Waals surface area contributed by atoms with Crippen LogP contribution in [0.3, 0.4) is 0 Å². The fraction of sp³-hybridized carbons (Fsp3) is 0.143. The summed E-state index contributed by atoms with van der Waals surface area (Å²) in [4.78, 5) is 16.9. The number of rotatable bonds is 6. The molecule has 0 bridgehead atoms. The number of furan rings is 1. The number of amides is 1. The molecule has 3 heterocycles. The van der Waals surface area contributed by atoms with Gasteiger partial charge in [0.15, 0.2) is 0 Å². The topological polar surface area (TPSA) is 59.5 Å². The van der Waals surface area contributed by atoms with Gasteiger partial charge in [-0.15, -0.1) is 0 Å². The van der Waals surface area contributed by atoms with E-state index >= 15 is 0 Å². The quantitative estimate of drug-likeness (QED) is 0.579. The predicted octanol–water partition coefficient (Wildman–Crippen LogP) is 3.77. The smallest absolute Gasteiger partial charge is 0.221 e. The van der Waals surface area contributed by atoms with E-state index in [2.05, 4.69) is 10.3 Å². The van der Waals surface area contributed by atoms with Crippen LogP contribution in [0.15, 0.2) is 83.7 Å². The van der Waals surface area contributed by atoms with Gasteiger partial charge in [-0.25, -0.2) is 4.98 Å². The zero-order valence-corrected chi connectivity index (χ0v) is 14.2. The maximum absolute atomic E-state index is 12.6. The highest BCUT2D eigenvalue weighted by molar-refractivity contribution is 5.77. The number of nitrogens with zero attached hydrogens (tertiary/aromatic N) is 2. The standard InChI is InChI=1S/C21H19N3O2/c25-21(23-15-17-14-22-20-10-4-5-11-24(17)20)13-18(19-9-6-12-26-19)16-7-2-1-3-8-16/h1-12,14,18H,13,15H2,(H,23,25)/t18-/m1/s1. The van der Waals surface area contributed by atoms with Crippen molar-refractivity contribution in [1.82, 2.24) is 14.7 Å². The highest BCUT2D eigenvalue weighted by atomic mass is 16.3. The Morgan fingerprint density at radius 1 is 1.08 bits per heavy atom. The molecule has 0 spiro atoms. The molecule has 0 aliphatic rings. The normalized spacial score (nSPS) is 12.2. The summed E-state index contributed by atoms with van der Waals surface area (Å²) in [7, 11) is 0. The largest absolute Gasteiger partial charge is 0.469 e. The van der Waals surface area contributed by atoms with Gasteiger partial charge in [-0.1, -0.05) is 36.4 Å². The van der Waals surface area contributed by atoms with Crippen molar-refractivity contribution in [2.45, 2.75) is 18.9 Å². The molecule has 0 unspecified atom stereocenters. The van der Waals surface area contributed by atoms with Crippen LogP contribution in [0, 0.1) is 0 Å². The summed E-state index contributed by atoms with van der Waals surface area (Å²) in [5.41, 5.74) is 2.88. The molecule has 4 aromatic rings. The average Bonchev–Trinajstić information content (AvgIpc) is 3.35. The molecule has 0 fully saturated rings. The van der Waals surface area contributed by atoms with Crippen LogP contribution >= 0.6 is 0 Å². The number of carbonyl (C=O) groups excluding carboxylic acids is 1. The molecule has 130 valence electrons. The molecule has 4 rings (SSSR count). The van der Waals surface area contributed by atoms with Gasteiger partial charge >= 0.3 is 0 Å². The van der Waals surface area contributed by atoms with Crippen molar-refractivity contribution in [3.63, 3.8) is 0 Å². The number of aromatic nitrogens is 2. The lowest BCUT2D eigenvalue weighted by Gasteiger charge is -2.15. The van der Waals surface area contributed by atoms with Crippen LogP contribution in [0.4, 0.5) is 0 Å². The number of fused-ring (bicyclic) bond motifs is 1. The molecule has 5 heteroatoms. The summed E-state index contributed by atoms with van der Waals surface area (Å²) < 4.78 is 7.54. The van der Waals surface area contributed by atoms with Crippen LogP contribution in [0.2, 0.25) is 0 Å². The molecular formula is C21H19N3O2. The van der Waals surface area contributed by atoms with E-state index in [0.29, 0.717) is 13.0 Å². The minimum absolute atomic E-state index is 0.0267. The molecule has 1 N–H and O–H groups in total. The van der Waals surface area contributed by atoms with Crippen molar-refractivity contribution in [3.8, 4) is 0 Å². The van der Waals surface area contributed by atoms with Crippen molar-refractivity contribution in [1.29, 1.82) is 0 Å². The van der Waals surface area contributed by atoms with E-state index in [9.17, 15) is 4.79 Å². The molecule has 0 saturated carbocycles. The minimum Gasteiger partial charge on any atom is -0.469 e. The van der Waals surface area contributed by atoms with Crippen molar-refractivity contribution in [3.05, 3.63) is 96.3 Å². The molecule has 1 amide bonds. The van der Waals surface area contributed by atoms with E-state index in [1.165, 1.54) is 0 Å². The molecule has 26 heavy (non-hydrogen) atoms. The Morgan fingerprint density at radius 3 is 2.73 bits per heavy atom. The van der Waals surface area contributed by atoms with Crippen molar-refractivity contribution in [2.75, 3.05) is 0 Å². The van der Waals surface area contributed by atoms with Crippen LogP contribution in [-0.2, 0) is 11.3 Å². The lowest BCUT2D eigenvalue weighted by Crippen LogP contribution is -2.25. The number of carbonyl (C=O) groups is 1. The van der Waals surface area contributed by atoms with Gasteiger partial charge in [0.25, 0.3) is 0 Å². The number of pyridine rings is 1. The van der Waals surface area contributed by atoms with E-state index in [1.54, 1.807) is 12.5 Å². The molecule has 1 atom stereocenters. The lowest BCUT2D eigenvalue weighted by molar-refractivity contribution is -0.121. The van der Waals surface area contributed by atoms with Gasteiger partial charge in [-0.3, -0.25) is 4.79 Å². The molecule has 0 aliphatic heterocycles. The Morgan fingerprint density at radius 2 is 1.92 bits per heavy atom. The van der Waals surface area contributed by atoms with Gasteiger partial charge < -0.3 is 14.1 Å². The fourth-order valence-corrected chi connectivity index (χ4v) is 3.12. The maximum Gasteiger partial charge on any atom is 0.221 e. The number of imidazole rings is 1. The first kappa shape index (κ1) is 16.1. The van der Waals surface area contributed by atoms with Crippen LogP contribution in [0.25, 0.3) is 5.65 Å². The third-order valence-electron chi connectivity index (χ3n) is 4.44. The van der Waals surface area contributed by atoms with Gasteiger partial charge in [0.05, 0.1) is 30.6 Å². The van der Waals surface area contributed by atoms with Crippen LogP contribution in [-0.4, -0.2) is 15.3 Å². The first-order valence-corrected chi connectivity index (χ1v) is 8.57. The monoisotopic (exact) mass is 345 g/mol. The Balaban J connectivity index is 1.47. The van der Waals surface area contributed by atoms with E-state index in [1.807, 2.05) is 71.3 Å². The number of nitrogens with one attached hydrogen (secondary N) is 1. The lowest BCUT2D eigenvalue weighted by atomic mass is 9.93. The van der Waals surface area contributed by atoms with E-state index in [0.717, 1.165) is 22.7 Å². The van der Waals surface area contributed by atoms with Crippen LogP contribution in [0.1, 0.15) is 29.4 Å². The highest BCUT2D eigenvalue weighted by Crippen LogP contribution is 2.28.